The highest BCUT2D eigenvalue weighted by Crippen LogP contribution is 2.32. The molecule has 0 bridgehead atoms. The molecule has 1 N–H and O–H groups in total. The van der Waals surface area contributed by atoms with Crippen molar-refractivity contribution in [1.82, 2.24) is 24.7 Å². The summed E-state index contributed by atoms with van der Waals surface area (Å²) in [6.45, 7) is 9.04. The number of carbonyl (C=O) groups is 2. The summed E-state index contributed by atoms with van der Waals surface area (Å²) < 4.78 is 0. The molecule has 1 unspecified atom stereocenters. The highest BCUT2D eigenvalue weighted by molar-refractivity contribution is 5.77. The lowest BCUT2D eigenvalue weighted by Crippen LogP contribution is -2.41. The van der Waals surface area contributed by atoms with Crippen molar-refractivity contribution in [2.75, 3.05) is 45.1 Å². The lowest BCUT2D eigenvalue weighted by atomic mass is 9.99. The van der Waals surface area contributed by atoms with E-state index in [-0.39, 0.29) is 17.9 Å². The SMILES string of the molecule is CNc1nc(C2CCCCN2C(C)=O)nc2c1CN(C(=O)CCN1CCC(C)CC1)CC2. The standard InChI is InChI=1S/C24H38N6O2/c1-17-7-12-28(13-8-17)14-10-22(32)29-15-9-20-19(16-29)23(25-3)27-24(26-20)21-6-4-5-11-30(21)18(2)31/h17,21H,4-16H2,1-3H3,(H,25,26,27). The van der Waals surface area contributed by atoms with Crippen LogP contribution in [0.3, 0.4) is 0 Å². The first-order valence-corrected chi connectivity index (χ1v) is 12.3. The minimum absolute atomic E-state index is 0.0504. The fourth-order valence-corrected chi connectivity index (χ4v) is 5.28. The Bertz CT molecular complexity index is 819. The Morgan fingerprint density at radius 1 is 1.06 bits per heavy atom. The van der Waals surface area contributed by atoms with Gasteiger partial charge in [0.05, 0.1) is 18.3 Å². The largest absolute Gasteiger partial charge is 0.373 e. The molecule has 8 heteroatoms. The predicted octanol–water partition coefficient (Wildman–Crippen LogP) is 2.60. The topological polar surface area (TPSA) is 81.7 Å². The predicted molar refractivity (Wildman–Crippen MR) is 124 cm³/mol. The number of nitrogens with zero attached hydrogens (tertiary/aromatic N) is 5. The average Bonchev–Trinajstić information content (AvgIpc) is 2.82. The number of hydrogen-bond acceptors (Lipinski definition) is 6. The highest BCUT2D eigenvalue weighted by atomic mass is 16.2. The van der Waals surface area contributed by atoms with Gasteiger partial charge in [-0.25, -0.2) is 9.97 Å². The van der Waals surface area contributed by atoms with Crippen LogP contribution in [0.25, 0.3) is 0 Å². The van der Waals surface area contributed by atoms with E-state index in [1.165, 1.54) is 12.8 Å². The van der Waals surface area contributed by atoms with Gasteiger partial charge >= 0.3 is 0 Å². The van der Waals surface area contributed by atoms with E-state index in [0.717, 1.165) is 80.7 Å². The monoisotopic (exact) mass is 442 g/mol. The number of fused-ring (bicyclic) bond motifs is 1. The molecule has 4 rings (SSSR count). The quantitative estimate of drug-likeness (QED) is 0.755. The Labute approximate surface area is 191 Å². The fourth-order valence-electron chi connectivity index (χ4n) is 5.28. The van der Waals surface area contributed by atoms with Crippen LogP contribution in [0.2, 0.25) is 0 Å². The molecule has 3 aliphatic rings. The Balaban J connectivity index is 1.44. The summed E-state index contributed by atoms with van der Waals surface area (Å²) in [5.74, 6) is 2.64. The molecule has 2 saturated heterocycles. The number of amides is 2. The summed E-state index contributed by atoms with van der Waals surface area (Å²) in [4.78, 5) is 41.1. The minimum atomic E-state index is -0.0504. The molecule has 1 aromatic heterocycles. The van der Waals surface area contributed by atoms with Crippen LogP contribution in [0.4, 0.5) is 5.82 Å². The molecule has 4 heterocycles. The summed E-state index contributed by atoms with van der Waals surface area (Å²) >= 11 is 0. The van der Waals surface area contributed by atoms with E-state index in [0.29, 0.717) is 19.5 Å². The molecule has 3 aliphatic heterocycles. The van der Waals surface area contributed by atoms with E-state index >= 15 is 0 Å². The molecule has 0 aliphatic carbocycles. The molecule has 0 aromatic carbocycles. The van der Waals surface area contributed by atoms with Crippen molar-refractivity contribution < 1.29 is 9.59 Å². The summed E-state index contributed by atoms with van der Waals surface area (Å²) in [6.07, 6.45) is 6.81. The van der Waals surface area contributed by atoms with Gasteiger partial charge in [0.15, 0.2) is 5.82 Å². The maximum atomic E-state index is 12.9. The molecule has 8 nitrogen and oxygen atoms in total. The van der Waals surface area contributed by atoms with Crippen molar-refractivity contribution in [3.05, 3.63) is 17.1 Å². The van der Waals surface area contributed by atoms with Crippen LogP contribution in [0, 0.1) is 5.92 Å². The van der Waals surface area contributed by atoms with E-state index in [1.807, 2.05) is 16.8 Å². The number of carbonyl (C=O) groups excluding carboxylic acids is 2. The molecule has 0 radical (unpaired) electrons. The first-order valence-electron chi connectivity index (χ1n) is 12.3. The van der Waals surface area contributed by atoms with Gasteiger partial charge in [0.25, 0.3) is 0 Å². The van der Waals surface area contributed by atoms with Gasteiger partial charge in [0, 0.05) is 52.0 Å². The molecular formula is C24H38N6O2. The zero-order valence-electron chi connectivity index (χ0n) is 19.9. The van der Waals surface area contributed by atoms with E-state index in [1.54, 1.807) is 6.92 Å². The second-order valence-electron chi connectivity index (χ2n) is 9.67. The third-order valence-corrected chi connectivity index (χ3v) is 7.39. The summed E-state index contributed by atoms with van der Waals surface area (Å²) in [7, 11) is 1.87. The molecule has 1 aromatic rings. The minimum Gasteiger partial charge on any atom is -0.373 e. The molecule has 32 heavy (non-hydrogen) atoms. The van der Waals surface area contributed by atoms with Gasteiger partial charge in [-0.2, -0.15) is 0 Å². The lowest BCUT2D eigenvalue weighted by molar-refractivity contribution is -0.133. The van der Waals surface area contributed by atoms with Crippen molar-refractivity contribution in [1.29, 1.82) is 0 Å². The number of aromatic nitrogens is 2. The maximum Gasteiger partial charge on any atom is 0.224 e. The van der Waals surface area contributed by atoms with Gasteiger partial charge < -0.3 is 20.0 Å². The summed E-state index contributed by atoms with van der Waals surface area (Å²) in [5, 5.41) is 3.23. The van der Waals surface area contributed by atoms with Crippen LogP contribution in [0.5, 0.6) is 0 Å². The van der Waals surface area contributed by atoms with E-state index in [4.69, 9.17) is 9.97 Å². The normalized spacial score (nSPS) is 22.5. The van der Waals surface area contributed by atoms with Crippen molar-refractivity contribution in [3.63, 3.8) is 0 Å². The van der Waals surface area contributed by atoms with Crippen molar-refractivity contribution >= 4 is 17.6 Å². The van der Waals surface area contributed by atoms with Crippen LogP contribution in [0.15, 0.2) is 0 Å². The Morgan fingerprint density at radius 2 is 1.84 bits per heavy atom. The number of likely N-dealkylation sites (tertiary alicyclic amines) is 2. The third kappa shape index (κ3) is 5.05. The summed E-state index contributed by atoms with van der Waals surface area (Å²) in [5.41, 5.74) is 2.04. The second kappa shape index (κ2) is 10.1. The molecule has 2 fully saturated rings. The first-order chi connectivity index (χ1) is 15.5. The van der Waals surface area contributed by atoms with E-state index in [2.05, 4.69) is 17.1 Å². The van der Waals surface area contributed by atoms with E-state index in [9.17, 15) is 9.59 Å². The molecule has 176 valence electrons. The van der Waals surface area contributed by atoms with Gasteiger partial charge in [-0.15, -0.1) is 0 Å². The molecule has 1 atom stereocenters. The van der Waals surface area contributed by atoms with Gasteiger partial charge in [-0.05, 0) is 51.1 Å². The zero-order chi connectivity index (χ0) is 22.7. The number of rotatable bonds is 5. The molecular weight excluding hydrogens is 404 g/mol. The van der Waals surface area contributed by atoms with Crippen molar-refractivity contribution in [2.45, 2.75) is 71.4 Å². The summed E-state index contributed by atoms with van der Waals surface area (Å²) in [6, 6.07) is -0.0504. The van der Waals surface area contributed by atoms with Crippen LogP contribution in [0.1, 0.15) is 75.5 Å². The molecule has 2 amide bonds. The average molecular weight is 443 g/mol. The third-order valence-electron chi connectivity index (χ3n) is 7.39. The Hall–Kier alpha value is -2.22. The van der Waals surface area contributed by atoms with Gasteiger partial charge in [0.1, 0.15) is 5.82 Å². The van der Waals surface area contributed by atoms with Crippen LogP contribution in [-0.4, -0.2) is 76.3 Å². The highest BCUT2D eigenvalue weighted by Gasteiger charge is 2.31. The molecule has 0 spiro atoms. The van der Waals surface area contributed by atoms with Gasteiger partial charge in [0.2, 0.25) is 11.8 Å². The second-order valence-corrected chi connectivity index (χ2v) is 9.67. The van der Waals surface area contributed by atoms with Crippen molar-refractivity contribution in [3.8, 4) is 0 Å². The lowest BCUT2D eigenvalue weighted by Gasteiger charge is -2.35. The van der Waals surface area contributed by atoms with Gasteiger partial charge in [-0.3, -0.25) is 9.59 Å². The van der Waals surface area contributed by atoms with Crippen LogP contribution >= 0.6 is 0 Å². The van der Waals surface area contributed by atoms with Crippen molar-refractivity contribution in [2.24, 2.45) is 5.92 Å². The Kier molecular flexibility index (Phi) is 7.28. The maximum absolute atomic E-state index is 12.9. The number of piperidine rings is 2. The first kappa shape index (κ1) is 23.0. The van der Waals surface area contributed by atoms with Gasteiger partial charge in [-0.1, -0.05) is 6.92 Å². The van der Waals surface area contributed by atoms with E-state index < -0.39 is 0 Å². The van der Waals surface area contributed by atoms with Crippen LogP contribution in [-0.2, 0) is 22.6 Å². The smallest absolute Gasteiger partial charge is 0.224 e. The number of hydrogen-bond donors (Lipinski definition) is 1. The van der Waals surface area contributed by atoms with Crippen LogP contribution < -0.4 is 5.32 Å². The zero-order valence-corrected chi connectivity index (χ0v) is 19.9. The molecule has 0 saturated carbocycles. The Morgan fingerprint density at radius 3 is 2.56 bits per heavy atom. The number of anilines is 1. The number of nitrogens with one attached hydrogen (secondary N) is 1. The fraction of sp³-hybridized carbons (Fsp3) is 0.750.